The molecule has 0 bridgehead atoms. The minimum atomic E-state index is -1.21. The maximum Gasteiger partial charge on any atom is 0.336 e. The summed E-state index contributed by atoms with van der Waals surface area (Å²) in [6, 6.07) is 8.62. The SMILES string of the molecule is O=C(O)c1cc([N+](=O)[O-])c(Br)c2ccc[c]c12. The van der Waals surface area contributed by atoms with Crippen molar-refractivity contribution < 1.29 is 14.8 Å². The molecule has 17 heavy (non-hydrogen) atoms. The average molecular weight is 295 g/mol. The van der Waals surface area contributed by atoms with Crippen LogP contribution in [0.3, 0.4) is 0 Å². The van der Waals surface area contributed by atoms with E-state index in [-0.39, 0.29) is 15.7 Å². The highest BCUT2D eigenvalue weighted by Gasteiger charge is 2.21. The molecule has 6 heteroatoms. The van der Waals surface area contributed by atoms with Gasteiger partial charge in [0.05, 0.1) is 10.5 Å². The average Bonchev–Trinajstić information content (AvgIpc) is 2.29. The van der Waals surface area contributed by atoms with Gasteiger partial charge in [-0.05, 0) is 22.0 Å². The van der Waals surface area contributed by atoms with Gasteiger partial charge in [-0.15, -0.1) is 0 Å². The Morgan fingerprint density at radius 2 is 2.24 bits per heavy atom. The zero-order chi connectivity index (χ0) is 12.6. The lowest BCUT2D eigenvalue weighted by Crippen LogP contribution is -2.01. The summed E-state index contributed by atoms with van der Waals surface area (Å²) in [5.74, 6) is -1.21. The first-order valence-electron chi connectivity index (χ1n) is 4.53. The molecule has 0 fully saturated rings. The number of hydrogen-bond acceptors (Lipinski definition) is 3. The van der Waals surface area contributed by atoms with Crippen LogP contribution in [0.5, 0.6) is 0 Å². The van der Waals surface area contributed by atoms with E-state index in [4.69, 9.17) is 5.11 Å². The van der Waals surface area contributed by atoms with Gasteiger partial charge in [0.15, 0.2) is 0 Å². The van der Waals surface area contributed by atoms with Gasteiger partial charge in [-0.2, -0.15) is 0 Å². The van der Waals surface area contributed by atoms with E-state index in [1.165, 1.54) is 0 Å². The Kier molecular flexibility index (Phi) is 2.81. The number of nitrogens with zero attached hydrogens (tertiary/aromatic N) is 1. The second kappa shape index (κ2) is 4.14. The van der Waals surface area contributed by atoms with Crippen molar-refractivity contribution >= 4 is 38.4 Å². The van der Waals surface area contributed by atoms with Gasteiger partial charge in [0.1, 0.15) is 4.47 Å². The molecule has 2 rings (SSSR count). The maximum absolute atomic E-state index is 11.0. The van der Waals surface area contributed by atoms with Crippen molar-refractivity contribution in [1.29, 1.82) is 0 Å². The van der Waals surface area contributed by atoms with Crippen LogP contribution in [0.2, 0.25) is 0 Å². The van der Waals surface area contributed by atoms with Crippen molar-refractivity contribution in [3.63, 3.8) is 0 Å². The summed E-state index contributed by atoms with van der Waals surface area (Å²) in [6.45, 7) is 0. The van der Waals surface area contributed by atoms with E-state index >= 15 is 0 Å². The van der Waals surface area contributed by atoms with E-state index in [1.54, 1.807) is 18.2 Å². The van der Waals surface area contributed by atoms with E-state index in [1.807, 2.05) is 0 Å². The predicted octanol–water partition coefficient (Wildman–Crippen LogP) is 3.01. The molecule has 2 aromatic rings. The molecule has 85 valence electrons. The number of hydrogen-bond donors (Lipinski definition) is 1. The van der Waals surface area contributed by atoms with Crippen LogP contribution in [0.1, 0.15) is 10.4 Å². The molecule has 0 amide bonds. The molecule has 0 heterocycles. The van der Waals surface area contributed by atoms with Gasteiger partial charge < -0.3 is 5.11 Å². The summed E-state index contributed by atoms with van der Waals surface area (Å²) in [6.07, 6.45) is 0. The predicted molar refractivity (Wildman–Crippen MR) is 64.1 cm³/mol. The molecule has 0 aromatic heterocycles. The Balaban J connectivity index is 2.94. The highest BCUT2D eigenvalue weighted by Crippen LogP contribution is 2.35. The third-order valence-electron chi connectivity index (χ3n) is 2.29. The Morgan fingerprint density at radius 1 is 1.53 bits per heavy atom. The van der Waals surface area contributed by atoms with Crippen LogP contribution in [0, 0.1) is 16.2 Å². The van der Waals surface area contributed by atoms with Gasteiger partial charge in [-0.25, -0.2) is 4.79 Å². The summed E-state index contributed by atoms with van der Waals surface area (Å²) < 4.78 is 0.263. The first-order valence-corrected chi connectivity index (χ1v) is 5.32. The molecule has 0 spiro atoms. The molecule has 2 aromatic carbocycles. The number of rotatable bonds is 2. The zero-order valence-electron chi connectivity index (χ0n) is 8.31. The van der Waals surface area contributed by atoms with Crippen LogP contribution in [-0.2, 0) is 0 Å². The molecule has 1 radical (unpaired) electrons. The Hall–Kier alpha value is -1.95. The van der Waals surface area contributed by atoms with Crippen LogP contribution in [-0.4, -0.2) is 16.0 Å². The second-order valence-electron chi connectivity index (χ2n) is 3.28. The molecule has 5 nitrogen and oxygen atoms in total. The fraction of sp³-hybridized carbons (Fsp3) is 0. The summed E-state index contributed by atoms with van der Waals surface area (Å²) in [4.78, 5) is 21.2. The number of carboxylic acid groups (broad SMARTS) is 1. The fourth-order valence-corrected chi connectivity index (χ4v) is 2.14. The van der Waals surface area contributed by atoms with Gasteiger partial charge in [0, 0.05) is 16.8 Å². The molecular weight excluding hydrogens is 290 g/mol. The lowest BCUT2D eigenvalue weighted by molar-refractivity contribution is -0.385. The zero-order valence-corrected chi connectivity index (χ0v) is 9.89. The molecule has 0 atom stereocenters. The first-order chi connectivity index (χ1) is 8.02. The van der Waals surface area contributed by atoms with Crippen molar-refractivity contribution in [2.24, 2.45) is 0 Å². The van der Waals surface area contributed by atoms with Crippen molar-refractivity contribution in [2.75, 3.05) is 0 Å². The van der Waals surface area contributed by atoms with Gasteiger partial charge in [-0.3, -0.25) is 10.1 Å². The molecular formula is C11H5BrNO4. The van der Waals surface area contributed by atoms with Crippen LogP contribution < -0.4 is 0 Å². The van der Waals surface area contributed by atoms with Crippen molar-refractivity contribution in [3.05, 3.63) is 50.5 Å². The number of carbonyl (C=O) groups is 1. The Morgan fingerprint density at radius 3 is 2.82 bits per heavy atom. The lowest BCUT2D eigenvalue weighted by Gasteiger charge is -2.05. The number of halogens is 1. The van der Waals surface area contributed by atoms with Gasteiger partial charge in [0.25, 0.3) is 5.69 Å². The number of nitro groups is 1. The fourth-order valence-electron chi connectivity index (χ4n) is 1.55. The van der Waals surface area contributed by atoms with Crippen molar-refractivity contribution in [3.8, 4) is 0 Å². The number of carboxylic acids is 1. The third-order valence-corrected chi connectivity index (χ3v) is 3.13. The number of aromatic carboxylic acids is 1. The number of nitro benzene ring substituents is 1. The topological polar surface area (TPSA) is 80.4 Å². The molecule has 0 aliphatic heterocycles. The van der Waals surface area contributed by atoms with E-state index in [2.05, 4.69) is 22.0 Å². The minimum Gasteiger partial charge on any atom is -0.478 e. The van der Waals surface area contributed by atoms with Crippen LogP contribution in [0.4, 0.5) is 5.69 Å². The largest absolute Gasteiger partial charge is 0.478 e. The summed E-state index contributed by atoms with van der Waals surface area (Å²) in [7, 11) is 0. The molecule has 1 N–H and O–H groups in total. The summed E-state index contributed by atoms with van der Waals surface area (Å²) in [5, 5.41) is 20.6. The Bertz CT molecular complexity index is 639. The number of fused-ring (bicyclic) bond motifs is 1. The summed E-state index contributed by atoms with van der Waals surface area (Å²) in [5.41, 5.74) is -0.398. The monoisotopic (exact) mass is 294 g/mol. The maximum atomic E-state index is 11.0. The molecule has 0 saturated heterocycles. The minimum absolute atomic E-state index is 0.129. The molecule has 0 saturated carbocycles. The van der Waals surface area contributed by atoms with Gasteiger partial charge in [0.2, 0.25) is 0 Å². The van der Waals surface area contributed by atoms with Crippen molar-refractivity contribution in [2.45, 2.75) is 0 Å². The quantitative estimate of drug-likeness (QED) is 0.682. The standard InChI is InChI=1S/C11H5BrNO4/c12-10-7-4-2-1-3-6(7)8(11(14)15)5-9(10)13(16)17/h1-2,4-5H,(H,14,15). The van der Waals surface area contributed by atoms with Crippen LogP contribution in [0.25, 0.3) is 10.8 Å². The van der Waals surface area contributed by atoms with Gasteiger partial charge >= 0.3 is 5.97 Å². The normalized spacial score (nSPS) is 10.4. The highest BCUT2D eigenvalue weighted by molar-refractivity contribution is 9.10. The first kappa shape index (κ1) is 11.5. The van der Waals surface area contributed by atoms with E-state index in [9.17, 15) is 14.9 Å². The molecule has 0 unspecified atom stereocenters. The van der Waals surface area contributed by atoms with E-state index < -0.39 is 10.9 Å². The van der Waals surface area contributed by atoms with Crippen LogP contribution in [0.15, 0.2) is 28.7 Å². The third kappa shape index (κ3) is 1.87. The smallest absolute Gasteiger partial charge is 0.336 e. The Labute approximate surface area is 104 Å². The lowest BCUT2D eigenvalue weighted by atomic mass is 10.0. The van der Waals surface area contributed by atoms with Crippen LogP contribution >= 0.6 is 15.9 Å². The summed E-state index contributed by atoms with van der Waals surface area (Å²) >= 11 is 3.11. The molecule has 0 aliphatic rings. The van der Waals surface area contributed by atoms with Crippen molar-refractivity contribution in [1.82, 2.24) is 0 Å². The van der Waals surface area contributed by atoms with Gasteiger partial charge in [-0.1, -0.05) is 18.2 Å². The molecule has 0 aliphatic carbocycles. The van der Waals surface area contributed by atoms with E-state index in [0.717, 1.165) is 6.07 Å². The highest BCUT2D eigenvalue weighted by atomic mass is 79.9. The second-order valence-corrected chi connectivity index (χ2v) is 4.07. The number of benzene rings is 2. The van der Waals surface area contributed by atoms with E-state index in [0.29, 0.717) is 10.8 Å².